The van der Waals surface area contributed by atoms with Crippen LogP contribution in [0.2, 0.25) is 0 Å². The fraction of sp³-hybridized carbons (Fsp3) is 0.615. The average Bonchev–Trinajstić information content (AvgIpc) is 2.68. The third-order valence-electron chi connectivity index (χ3n) is 5.06. The Balaban J connectivity index is 1.84. The normalized spacial score (nSPS) is 51.9. The van der Waals surface area contributed by atoms with E-state index in [4.69, 9.17) is 21.7 Å². The number of thiocarbonyl (C=S) groups is 1. The number of hydrogen-bond acceptors (Lipinski definition) is 3. The molecule has 1 heterocycles. The molecule has 1 saturated heterocycles. The molecule has 2 fully saturated rings. The molecule has 3 heteroatoms. The van der Waals surface area contributed by atoms with Gasteiger partial charge in [0.15, 0.2) is 0 Å². The third kappa shape index (κ3) is 0.775. The van der Waals surface area contributed by atoms with Crippen molar-refractivity contribution >= 4 is 17.5 Å². The molecule has 2 nitrogen and oxygen atoms in total. The van der Waals surface area contributed by atoms with E-state index in [9.17, 15) is 0 Å². The van der Waals surface area contributed by atoms with E-state index >= 15 is 0 Å². The van der Waals surface area contributed by atoms with Crippen LogP contribution >= 0.6 is 12.2 Å². The van der Waals surface area contributed by atoms with Gasteiger partial charge in [0.25, 0.3) is 0 Å². The summed E-state index contributed by atoms with van der Waals surface area (Å²) in [6.07, 6.45) is 14.1. The van der Waals surface area contributed by atoms with Gasteiger partial charge in [-0.05, 0) is 25.7 Å². The largest absolute Gasteiger partial charge is 0.449 e. The van der Waals surface area contributed by atoms with Gasteiger partial charge in [-0.1, -0.05) is 24.3 Å². The van der Waals surface area contributed by atoms with Crippen molar-refractivity contribution in [1.29, 1.82) is 0 Å². The molecule has 0 bridgehead atoms. The van der Waals surface area contributed by atoms with E-state index in [0.717, 1.165) is 25.7 Å². The SMILES string of the molecule is S=C1O[C@@H]2[C@@H](O1)C13CC=CCC21CC=CC3. The minimum absolute atomic E-state index is 0.204. The molecule has 0 spiro atoms. The second-order valence-electron chi connectivity index (χ2n) is 5.40. The molecule has 1 aliphatic heterocycles. The van der Waals surface area contributed by atoms with Gasteiger partial charge in [0.2, 0.25) is 0 Å². The van der Waals surface area contributed by atoms with Crippen LogP contribution in [0.25, 0.3) is 0 Å². The topological polar surface area (TPSA) is 18.5 Å². The van der Waals surface area contributed by atoms with Gasteiger partial charge in [-0.3, -0.25) is 0 Å². The molecule has 0 radical (unpaired) electrons. The average molecular weight is 234 g/mol. The van der Waals surface area contributed by atoms with Crippen LogP contribution in [0.15, 0.2) is 24.3 Å². The molecular weight excluding hydrogens is 220 g/mol. The van der Waals surface area contributed by atoms with E-state index in [1.807, 2.05) is 0 Å². The van der Waals surface area contributed by atoms with Crippen LogP contribution in [-0.4, -0.2) is 17.4 Å². The van der Waals surface area contributed by atoms with E-state index in [-0.39, 0.29) is 23.0 Å². The van der Waals surface area contributed by atoms with Crippen LogP contribution in [0.1, 0.15) is 25.7 Å². The Bertz CT molecular complexity index is 370. The zero-order valence-electron chi connectivity index (χ0n) is 9.02. The number of rotatable bonds is 0. The van der Waals surface area contributed by atoms with Crippen molar-refractivity contribution < 1.29 is 9.47 Å². The van der Waals surface area contributed by atoms with E-state index in [1.165, 1.54) is 0 Å². The Hall–Kier alpha value is -0.830. The van der Waals surface area contributed by atoms with Gasteiger partial charge in [0.05, 0.1) is 0 Å². The molecule has 16 heavy (non-hydrogen) atoms. The molecule has 0 aromatic heterocycles. The Labute approximate surface area is 100 Å². The van der Waals surface area contributed by atoms with Gasteiger partial charge in [0, 0.05) is 23.0 Å². The zero-order chi connectivity index (χ0) is 10.8. The van der Waals surface area contributed by atoms with Crippen LogP contribution < -0.4 is 0 Å². The summed E-state index contributed by atoms with van der Waals surface area (Å²) < 4.78 is 11.5. The molecular formula is C13H14O2S. The highest BCUT2D eigenvalue weighted by Gasteiger charge is 2.76. The summed E-state index contributed by atoms with van der Waals surface area (Å²) in [5.41, 5.74) is 0.531. The van der Waals surface area contributed by atoms with Gasteiger partial charge in [-0.25, -0.2) is 0 Å². The van der Waals surface area contributed by atoms with Crippen molar-refractivity contribution in [2.75, 3.05) is 0 Å². The molecule has 84 valence electrons. The van der Waals surface area contributed by atoms with Gasteiger partial charge in [-0.2, -0.15) is 0 Å². The first kappa shape index (κ1) is 9.23. The number of allylic oxidation sites excluding steroid dienone is 4. The number of fused-ring (bicyclic) bond motifs is 1. The maximum atomic E-state index is 5.73. The fourth-order valence-corrected chi connectivity index (χ4v) is 4.46. The quantitative estimate of drug-likeness (QED) is 0.474. The molecule has 1 saturated carbocycles. The monoisotopic (exact) mass is 234 g/mol. The maximum absolute atomic E-state index is 5.73. The smallest absolute Gasteiger partial charge is 0.353 e. The van der Waals surface area contributed by atoms with Crippen LogP contribution in [-0.2, 0) is 9.47 Å². The minimum Gasteiger partial charge on any atom is -0.449 e. The van der Waals surface area contributed by atoms with E-state index in [2.05, 4.69) is 24.3 Å². The predicted octanol–water partition coefficient (Wildman–Crippen LogP) is 2.74. The van der Waals surface area contributed by atoms with E-state index in [1.54, 1.807) is 0 Å². The molecule has 4 rings (SSSR count). The molecule has 4 aliphatic rings. The van der Waals surface area contributed by atoms with Crippen molar-refractivity contribution in [1.82, 2.24) is 0 Å². The molecule has 0 aromatic carbocycles. The Morgan fingerprint density at radius 3 is 1.62 bits per heavy atom. The highest BCUT2D eigenvalue weighted by molar-refractivity contribution is 7.79. The predicted molar refractivity (Wildman–Crippen MR) is 64.0 cm³/mol. The highest BCUT2D eigenvalue weighted by atomic mass is 32.1. The van der Waals surface area contributed by atoms with Crippen molar-refractivity contribution in [2.24, 2.45) is 10.8 Å². The van der Waals surface area contributed by atoms with Gasteiger partial charge in [-0.15, -0.1) is 0 Å². The van der Waals surface area contributed by atoms with Gasteiger partial charge in [0.1, 0.15) is 12.2 Å². The summed E-state index contributed by atoms with van der Waals surface area (Å²) in [6.45, 7) is 0. The second kappa shape index (κ2) is 2.70. The van der Waals surface area contributed by atoms with E-state index < -0.39 is 0 Å². The molecule has 2 atom stereocenters. The Morgan fingerprint density at radius 1 is 0.875 bits per heavy atom. The van der Waals surface area contributed by atoms with Gasteiger partial charge >= 0.3 is 5.24 Å². The first-order valence-corrected chi connectivity index (χ1v) is 6.37. The van der Waals surface area contributed by atoms with E-state index in [0.29, 0.717) is 5.24 Å². The summed E-state index contributed by atoms with van der Waals surface area (Å²) >= 11 is 5.07. The van der Waals surface area contributed by atoms with Crippen molar-refractivity contribution in [2.45, 2.75) is 37.9 Å². The molecule has 3 aliphatic carbocycles. The lowest BCUT2D eigenvalue weighted by atomic mass is 9.39. The van der Waals surface area contributed by atoms with Crippen LogP contribution in [0.5, 0.6) is 0 Å². The molecule has 0 aromatic rings. The van der Waals surface area contributed by atoms with Crippen molar-refractivity contribution in [3.8, 4) is 0 Å². The fourth-order valence-electron chi connectivity index (χ4n) is 4.25. The molecule has 0 unspecified atom stereocenters. The van der Waals surface area contributed by atoms with Crippen molar-refractivity contribution in [3.63, 3.8) is 0 Å². The van der Waals surface area contributed by atoms with Gasteiger partial charge < -0.3 is 9.47 Å². The highest BCUT2D eigenvalue weighted by Crippen LogP contribution is 2.71. The first-order valence-electron chi connectivity index (χ1n) is 5.96. The minimum atomic E-state index is 0.204. The third-order valence-corrected chi connectivity index (χ3v) is 5.26. The summed E-state index contributed by atoms with van der Waals surface area (Å²) in [6, 6.07) is 0. The first-order chi connectivity index (χ1) is 7.79. The number of ether oxygens (including phenoxy) is 2. The summed E-state index contributed by atoms with van der Waals surface area (Å²) in [7, 11) is 0. The second-order valence-corrected chi connectivity index (χ2v) is 5.73. The lowest BCUT2D eigenvalue weighted by Gasteiger charge is -2.66. The standard InChI is InChI=1S/C13H14O2S/c16-11-14-9-10(15-11)13-6-2-1-5-12(9,13)7-3-4-8-13/h1-4,9-10H,5-8H2/t9-,10-,12?,13?/m1/s1. The molecule has 0 N–H and O–H groups in total. The lowest BCUT2D eigenvalue weighted by Crippen LogP contribution is -2.71. The van der Waals surface area contributed by atoms with Crippen LogP contribution in [0, 0.1) is 10.8 Å². The Morgan fingerprint density at radius 2 is 1.25 bits per heavy atom. The Kier molecular flexibility index (Phi) is 1.56. The van der Waals surface area contributed by atoms with Crippen molar-refractivity contribution in [3.05, 3.63) is 24.3 Å². The number of hydrogen-bond donors (Lipinski definition) is 0. The lowest BCUT2D eigenvalue weighted by molar-refractivity contribution is -0.229. The van der Waals surface area contributed by atoms with Crippen LogP contribution in [0.4, 0.5) is 0 Å². The zero-order valence-corrected chi connectivity index (χ0v) is 9.83. The van der Waals surface area contributed by atoms with Crippen LogP contribution in [0.3, 0.4) is 0 Å². The maximum Gasteiger partial charge on any atom is 0.353 e. The summed E-state index contributed by atoms with van der Waals surface area (Å²) in [4.78, 5) is 0. The summed E-state index contributed by atoms with van der Waals surface area (Å²) in [5, 5.41) is 0.366. The summed E-state index contributed by atoms with van der Waals surface area (Å²) in [5.74, 6) is 0. The molecule has 0 amide bonds.